The van der Waals surface area contributed by atoms with Crippen LogP contribution in [-0.2, 0) is 9.53 Å². The van der Waals surface area contributed by atoms with Gasteiger partial charge in [-0.05, 0) is 6.92 Å². The second-order valence-electron chi connectivity index (χ2n) is 3.97. The van der Waals surface area contributed by atoms with Gasteiger partial charge in [0.15, 0.2) is 0 Å². The predicted molar refractivity (Wildman–Crippen MR) is 68.7 cm³/mol. The fourth-order valence-corrected chi connectivity index (χ4v) is 1.45. The van der Waals surface area contributed by atoms with Crippen LogP contribution in [0.1, 0.15) is 17.3 Å². The number of esters is 1. The molecule has 0 aliphatic carbocycles. The number of nitrogens with one attached hydrogen (secondary N) is 1. The molecule has 0 bridgehead atoms. The molecule has 0 unspecified atom stereocenters. The Labute approximate surface area is 118 Å². The topological polar surface area (TPSA) is 142 Å². The number of methoxy groups -OCH3 is 1. The van der Waals surface area contributed by atoms with Crippen molar-refractivity contribution in [3.63, 3.8) is 0 Å². The monoisotopic (exact) mass is 297 g/mol. The molecule has 1 rings (SSSR count). The number of nitro groups is 2. The second kappa shape index (κ2) is 6.41. The van der Waals surface area contributed by atoms with E-state index in [0.29, 0.717) is 0 Å². The molecule has 0 aliphatic heterocycles. The van der Waals surface area contributed by atoms with Gasteiger partial charge in [-0.25, -0.2) is 4.79 Å². The van der Waals surface area contributed by atoms with Crippen molar-refractivity contribution in [1.29, 1.82) is 0 Å². The fraction of sp³-hybridized carbons (Fsp3) is 0.273. The minimum atomic E-state index is -0.999. The summed E-state index contributed by atoms with van der Waals surface area (Å²) in [6.07, 6.45) is 0. The van der Waals surface area contributed by atoms with Gasteiger partial charge in [0.25, 0.3) is 17.3 Å². The van der Waals surface area contributed by atoms with Crippen LogP contribution in [0.5, 0.6) is 0 Å². The van der Waals surface area contributed by atoms with E-state index >= 15 is 0 Å². The SMILES string of the molecule is COC(=O)[C@@H](C)NC(=O)c1cc([N+](=O)[O-])cc([N+](=O)[O-])c1. The Hall–Kier alpha value is -3.04. The first-order valence-corrected chi connectivity index (χ1v) is 5.58. The van der Waals surface area contributed by atoms with E-state index in [4.69, 9.17) is 0 Å². The van der Waals surface area contributed by atoms with Gasteiger partial charge in [0, 0.05) is 12.1 Å². The highest BCUT2D eigenvalue weighted by Gasteiger charge is 2.22. The van der Waals surface area contributed by atoms with Crippen LogP contribution >= 0.6 is 0 Å². The zero-order valence-electron chi connectivity index (χ0n) is 11.1. The average molecular weight is 297 g/mol. The van der Waals surface area contributed by atoms with Gasteiger partial charge in [-0.1, -0.05) is 0 Å². The molecule has 1 N–H and O–H groups in total. The van der Waals surface area contributed by atoms with Gasteiger partial charge in [-0.15, -0.1) is 0 Å². The quantitative estimate of drug-likeness (QED) is 0.481. The average Bonchev–Trinajstić information content (AvgIpc) is 2.45. The third-order valence-corrected chi connectivity index (χ3v) is 2.49. The molecule has 0 spiro atoms. The summed E-state index contributed by atoms with van der Waals surface area (Å²) in [6.45, 7) is 1.34. The molecule has 0 heterocycles. The van der Waals surface area contributed by atoms with E-state index in [9.17, 15) is 29.8 Å². The van der Waals surface area contributed by atoms with Crippen LogP contribution in [-0.4, -0.2) is 34.9 Å². The highest BCUT2D eigenvalue weighted by atomic mass is 16.6. The number of ether oxygens (including phenoxy) is 1. The Bertz CT molecular complexity index is 582. The molecule has 0 saturated carbocycles. The molecular weight excluding hydrogens is 286 g/mol. The summed E-state index contributed by atoms with van der Waals surface area (Å²) in [7, 11) is 1.13. The van der Waals surface area contributed by atoms with Crippen LogP contribution in [0.25, 0.3) is 0 Å². The largest absolute Gasteiger partial charge is 0.467 e. The molecule has 0 aromatic heterocycles. The maximum absolute atomic E-state index is 11.9. The Morgan fingerprint density at radius 2 is 1.62 bits per heavy atom. The number of hydrogen-bond acceptors (Lipinski definition) is 7. The van der Waals surface area contributed by atoms with Crippen LogP contribution in [0.4, 0.5) is 11.4 Å². The summed E-state index contributed by atoms with van der Waals surface area (Å²) in [5.41, 5.74) is -1.49. The maximum atomic E-state index is 11.9. The molecule has 1 aromatic carbocycles. The highest BCUT2D eigenvalue weighted by molar-refractivity contribution is 5.97. The Morgan fingerprint density at radius 3 is 2.00 bits per heavy atom. The first-order chi connectivity index (χ1) is 9.76. The summed E-state index contributed by atoms with van der Waals surface area (Å²) in [5.74, 6) is -1.58. The number of benzene rings is 1. The number of nitrogens with zero attached hydrogens (tertiary/aromatic N) is 2. The summed E-state index contributed by atoms with van der Waals surface area (Å²) in [6, 6.07) is 1.50. The lowest BCUT2D eigenvalue weighted by atomic mass is 10.1. The van der Waals surface area contributed by atoms with Gasteiger partial charge in [-0.2, -0.15) is 0 Å². The highest BCUT2D eigenvalue weighted by Crippen LogP contribution is 2.22. The second-order valence-corrected chi connectivity index (χ2v) is 3.97. The number of nitro benzene ring substituents is 2. The summed E-state index contributed by atoms with van der Waals surface area (Å²) in [5, 5.41) is 23.6. The van der Waals surface area contributed by atoms with Gasteiger partial charge in [0.2, 0.25) is 0 Å². The molecule has 1 atom stereocenters. The Balaban J connectivity index is 3.11. The molecule has 21 heavy (non-hydrogen) atoms. The van der Waals surface area contributed by atoms with E-state index in [2.05, 4.69) is 10.1 Å². The summed E-state index contributed by atoms with van der Waals surface area (Å²) in [4.78, 5) is 42.7. The lowest BCUT2D eigenvalue weighted by Gasteiger charge is -2.11. The van der Waals surface area contributed by atoms with Crippen molar-refractivity contribution >= 4 is 23.3 Å². The van der Waals surface area contributed by atoms with Crippen LogP contribution in [0.15, 0.2) is 18.2 Å². The van der Waals surface area contributed by atoms with E-state index < -0.39 is 39.1 Å². The first-order valence-electron chi connectivity index (χ1n) is 5.58. The number of carbonyl (C=O) groups is 2. The first kappa shape index (κ1) is 16.0. The van der Waals surface area contributed by atoms with Crippen molar-refractivity contribution < 1.29 is 24.2 Å². The van der Waals surface area contributed by atoms with Crippen molar-refractivity contribution in [3.05, 3.63) is 44.0 Å². The summed E-state index contributed by atoms with van der Waals surface area (Å²) >= 11 is 0. The van der Waals surface area contributed by atoms with E-state index in [1.165, 1.54) is 6.92 Å². The summed E-state index contributed by atoms with van der Waals surface area (Å²) < 4.78 is 4.40. The number of rotatable bonds is 5. The number of hydrogen-bond donors (Lipinski definition) is 1. The van der Waals surface area contributed by atoms with Crippen molar-refractivity contribution in [2.24, 2.45) is 0 Å². The molecule has 10 heteroatoms. The van der Waals surface area contributed by atoms with Gasteiger partial charge in [-0.3, -0.25) is 25.0 Å². The van der Waals surface area contributed by atoms with Gasteiger partial charge in [0.1, 0.15) is 6.04 Å². The zero-order valence-corrected chi connectivity index (χ0v) is 11.1. The van der Waals surface area contributed by atoms with Gasteiger partial charge < -0.3 is 10.1 Å². The molecule has 0 aliphatic rings. The van der Waals surface area contributed by atoms with Crippen LogP contribution < -0.4 is 5.32 Å². The molecule has 1 aromatic rings. The van der Waals surface area contributed by atoms with Gasteiger partial charge >= 0.3 is 5.97 Å². The Kier molecular flexibility index (Phi) is 4.89. The molecule has 10 nitrogen and oxygen atoms in total. The minimum Gasteiger partial charge on any atom is -0.467 e. The molecular formula is C11H11N3O7. The zero-order chi connectivity index (χ0) is 16.2. The third-order valence-electron chi connectivity index (χ3n) is 2.49. The van der Waals surface area contributed by atoms with E-state index in [1.54, 1.807) is 0 Å². The third kappa shape index (κ3) is 3.96. The molecule has 0 fully saturated rings. The molecule has 1 amide bonds. The molecule has 0 radical (unpaired) electrons. The number of amides is 1. The number of carbonyl (C=O) groups excluding carboxylic acids is 2. The van der Waals surface area contributed by atoms with Crippen molar-refractivity contribution in [2.75, 3.05) is 7.11 Å². The lowest BCUT2D eigenvalue weighted by Crippen LogP contribution is -2.39. The van der Waals surface area contributed by atoms with E-state index in [1.807, 2.05) is 0 Å². The number of non-ortho nitro benzene ring substituents is 2. The van der Waals surface area contributed by atoms with Gasteiger partial charge in [0.05, 0.1) is 28.6 Å². The van der Waals surface area contributed by atoms with Crippen LogP contribution in [0.2, 0.25) is 0 Å². The van der Waals surface area contributed by atoms with Crippen molar-refractivity contribution in [2.45, 2.75) is 13.0 Å². The fourth-order valence-electron chi connectivity index (χ4n) is 1.45. The Morgan fingerprint density at radius 1 is 1.14 bits per heavy atom. The lowest BCUT2D eigenvalue weighted by molar-refractivity contribution is -0.394. The normalized spacial score (nSPS) is 11.3. The minimum absolute atomic E-state index is 0.299. The van der Waals surface area contributed by atoms with Crippen LogP contribution in [0.3, 0.4) is 0 Å². The van der Waals surface area contributed by atoms with Crippen molar-refractivity contribution in [3.8, 4) is 0 Å². The van der Waals surface area contributed by atoms with E-state index in [0.717, 1.165) is 25.3 Å². The predicted octanol–water partition coefficient (Wildman–Crippen LogP) is 0.794. The molecule has 112 valence electrons. The standard InChI is InChI=1S/C11H11N3O7/c1-6(11(16)21-2)12-10(15)7-3-8(13(17)18)5-9(4-7)14(19)20/h3-6H,1-2H3,(H,12,15)/t6-/m1/s1. The maximum Gasteiger partial charge on any atom is 0.328 e. The molecule has 0 saturated heterocycles. The van der Waals surface area contributed by atoms with Crippen LogP contribution in [0, 0.1) is 20.2 Å². The van der Waals surface area contributed by atoms with Crippen molar-refractivity contribution in [1.82, 2.24) is 5.32 Å². The van der Waals surface area contributed by atoms with E-state index in [-0.39, 0.29) is 5.56 Å². The smallest absolute Gasteiger partial charge is 0.328 e.